The molecule has 5 rings (SSSR count). The summed E-state index contributed by atoms with van der Waals surface area (Å²) in [6, 6.07) is 16.5. The van der Waals surface area contributed by atoms with Crippen molar-refractivity contribution < 1.29 is 24.2 Å². The first-order valence-corrected chi connectivity index (χ1v) is 12.6. The molecule has 0 saturated heterocycles. The zero-order valence-electron chi connectivity index (χ0n) is 19.7. The number of benzene rings is 2. The number of nitrogens with one attached hydrogen (secondary N) is 2. The quantitative estimate of drug-likeness (QED) is 0.548. The van der Waals surface area contributed by atoms with Crippen molar-refractivity contribution in [3.63, 3.8) is 0 Å². The van der Waals surface area contributed by atoms with Gasteiger partial charge in [-0.25, -0.2) is 4.79 Å². The SMILES string of the molecule is O=C(O)CC1CCC(NC(=O)C2CCC(NC(=O)OCC3c4ccccc4-c4ccccc43)C2)C1. The Labute approximate surface area is 205 Å². The van der Waals surface area contributed by atoms with Crippen molar-refractivity contribution in [2.45, 2.75) is 62.9 Å². The van der Waals surface area contributed by atoms with Gasteiger partial charge in [-0.05, 0) is 66.7 Å². The minimum atomic E-state index is -0.778. The summed E-state index contributed by atoms with van der Waals surface area (Å²) in [5, 5.41) is 15.0. The van der Waals surface area contributed by atoms with Crippen molar-refractivity contribution in [3.8, 4) is 11.1 Å². The van der Waals surface area contributed by atoms with Crippen LogP contribution < -0.4 is 10.6 Å². The molecule has 7 nitrogen and oxygen atoms in total. The molecule has 0 bridgehead atoms. The summed E-state index contributed by atoms with van der Waals surface area (Å²) in [5.74, 6) is -0.730. The van der Waals surface area contributed by atoms with Gasteiger partial charge in [-0.15, -0.1) is 0 Å². The molecule has 35 heavy (non-hydrogen) atoms. The highest BCUT2D eigenvalue weighted by atomic mass is 16.5. The van der Waals surface area contributed by atoms with Gasteiger partial charge in [0.15, 0.2) is 0 Å². The first-order chi connectivity index (χ1) is 17.0. The smallest absolute Gasteiger partial charge is 0.407 e. The van der Waals surface area contributed by atoms with E-state index in [9.17, 15) is 14.4 Å². The van der Waals surface area contributed by atoms with Gasteiger partial charge in [0, 0.05) is 30.3 Å². The minimum absolute atomic E-state index is 0.0165. The Kier molecular flexibility index (Phi) is 6.75. The predicted molar refractivity (Wildman–Crippen MR) is 131 cm³/mol. The molecule has 2 saturated carbocycles. The zero-order valence-corrected chi connectivity index (χ0v) is 19.7. The molecule has 4 unspecified atom stereocenters. The van der Waals surface area contributed by atoms with Crippen molar-refractivity contribution in [1.29, 1.82) is 0 Å². The molecule has 4 atom stereocenters. The fourth-order valence-electron chi connectivity index (χ4n) is 6.11. The van der Waals surface area contributed by atoms with Crippen LogP contribution >= 0.6 is 0 Å². The van der Waals surface area contributed by atoms with E-state index in [-0.39, 0.29) is 48.8 Å². The molecule has 2 aromatic carbocycles. The molecular formula is C28H32N2O5. The van der Waals surface area contributed by atoms with Crippen LogP contribution in [0.1, 0.15) is 62.0 Å². The van der Waals surface area contributed by atoms with Crippen LogP contribution in [0.5, 0.6) is 0 Å². The number of fused-ring (bicyclic) bond motifs is 3. The molecule has 0 aliphatic heterocycles. The second-order valence-corrected chi connectivity index (χ2v) is 10.2. The molecule has 2 fully saturated rings. The standard InChI is InChI=1S/C28H32N2O5/c31-26(32)14-17-9-11-19(13-17)29-27(33)18-10-12-20(15-18)30-28(34)35-16-25-23-7-3-1-5-21(23)22-6-2-4-8-24(22)25/h1-8,17-20,25H,9-16H2,(H,29,33)(H,30,34)(H,31,32). The number of hydrogen-bond acceptors (Lipinski definition) is 4. The van der Waals surface area contributed by atoms with E-state index in [2.05, 4.69) is 34.9 Å². The van der Waals surface area contributed by atoms with Crippen LogP contribution in [0, 0.1) is 11.8 Å². The summed E-state index contributed by atoms with van der Waals surface area (Å²) >= 11 is 0. The van der Waals surface area contributed by atoms with Crippen molar-refractivity contribution in [3.05, 3.63) is 59.7 Å². The maximum absolute atomic E-state index is 12.7. The van der Waals surface area contributed by atoms with Crippen molar-refractivity contribution in [2.24, 2.45) is 11.8 Å². The van der Waals surface area contributed by atoms with Gasteiger partial charge in [-0.1, -0.05) is 48.5 Å². The number of carboxylic acid groups (broad SMARTS) is 1. The maximum atomic E-state index is 12.7. The Balaban J connectivity index is 1.09. The van der Waals surface area contributed by atoms with Gasteiger partial charge in [-0.2, -0.15) is 0 Å². The van der Waals surface area contributed by atoms with Crippen molar-refractivity contribution in [1.82, 2.24) is 10.6 Å². The molecule has 2 amide bonds. The Hall–Kier alpha value is -3.35. The average Bonchev–Trinajstić information content (AvgIpc) is 3.55. The number of carboxylic acids is 1. The second-order valence-electron chi connectivity index (χ2n) is 10.2. The molecule has 2 aromatic rings. The molecule has 7 heteroatoms. The molecule has 0 heterocycles. The molecular weight excluding hydrogens is 444 g/mol. The highest BCUT2D eigenvalue weighted by Gasteiger charge is 2.34. The van der Waals surface area contributed by atoms with Gasteiger partial charge < -0.3 is 20.5 Å². The summed E-state index contributed by atoms with van der Waals surface area (Å²) < 4.78 is 5.65. The van der Waals surface area contributed by atoms with Crippen LogP contribution in [0.2, 0.25) is 0 Å². The summed E-state index contributed by atoms with van der Waals surface area (Å²) in [6.07, 6.45) is 4.20. The third-order valence-corrected chi connectivity index (χ3v) is 7.82. The molecule has 0 aromatic heterocycles. The number of hydrogen-bond donors (Lipinski definition) is 3. The molecule has 0 radical (unpaired) electrons. The number of carbonyl (C=O) groups excluding carboxylic acids is 2. The van der Waals surface area contributed by atoms with E-state index in [0.29, 0.717) is 6.42 Å². The molecule has 3 aliphatic rings. The largest absolute Gasteiger partial charge is 0.481 e. The van der Waals surface area contributed by atoms with Crippen molar-refractivity contribution in [2.75, 3.05) is 6.61 Å². The van der Waals surface area contributed by atoms with E-state index >= 15 is 0 Å². The average molecular weight is 477 g/mol. The van der Waals surface area contributed by atoms with Gasteiger partial charge in [0.05, 0.1) is 0 Å². The predicted octanol–water partition coefficient (Wildman–Crippen LogP) is 4.45. The number of aliphatic carboxylic acids is 1. The van der Waals surface area contributed by atoms with Crippen LogP contribution in [-0.4, -0.2) is 41.8 Å². The topological polar surface area (TPSA) is 105 Å². The van der Waals surface area contributed by atoms with Gasteiger partial charge in [-0.3, -0.25) is 9.59 Å². The minimum Gasteiger partial charge on any atom is -0.481 e. The van der Waals surface area contributed by atoms with Gasteiger partial charge >= 0.3 is 12.1 Å². The highest BCUT2D eigenvalue weighted by Crippen LogP contribution is 2.44. The Morgan fingerprint density at radius 3 is 2.14 bits per heavy atom. The monoisotopic (exact) mass is 476 g/mol. The summed E-state index contributed by atoms with van der Waals surface area (Å²) in [6.45, 7) is 0.273. The number of carbonyl (C=O) groups is 3. The number of ether oxygens (including phenoxy) is 1. The van der Waals surface area contributed by atoms with Crippen LogP contribution in [0.25, 0.3) is 11.1 Å². The van der Waals surface area contributed by atoms with E-state index in [1.807, 2.05) is 24.3 Å². The molecule has 3 aliphatic carbocycles. The lowest BCUT2D eigenvalue weighted by Gasteiger charge is -2.18. The lowest BCUT2D eigenvalue weighted by atomic mass is 9.98. The summed E-state index contributed by atoms with van der Waals surface area (Å²) in [7, 11) is 0. The maximum Gasteiger partial charge on any atom is 0.407 e. The first kappa shape index (κ1) is 23.4. The summed E-state index contributed by atoms with van der Waals surface area (Å²) in [5.41, 5.74) is 4.74. The van der Waals surface area contributed by atoms with E-state index in [1.54, 1.807) is 0 Å². The lowest BCUT2D eigenvalue weighted by molar-refractivity contribution is -0.138. The van der Waals surface area contributed by atoms with Crippen molar-refractivity contribution >= 4 is 18.0 Å². The molecule has 0 spiro atoms. The summed E-state index contributed by atoms with van der Waals surface area (Å²) in [4.78, 5) is 36.2. The van der Waals surface area contributed by atoms with E-state index in [0.717, 1.165) is 32.1 Å². The van der Waals surface area contributed by atoms with Gasteiger partial charge in [0.1, 0.15) is 6.61 Å². The zero-order chi connectivity index (χ0) is 24.4. The van der Waals surface area contributed by atoms with Gasteiger partial charge in [0.2, 0.25) is 5.91 Å². The normalized spacial score (nSPS) is 25.0. The van der Waals surface area contributed by atoms with E-state index < -0.39 is 12.1 Å². The number of amides is 2. The third kappa shape index (κ3) is 5.19. The lowest BCUT2D eigenvalue weighted by Crippen LogP contribution is -2.38. The van der Waals surface area contributed by atoms with E-state index in [4.69, 9.17) is 9.84 Å². The van der Waals surface area contributed by atoms with Crippen LogP contribution in [0.4, 0.5) is 4.79 Å². The molecule has 3 N–H and O–H groups in total. The highest BCUT2D eigenvalue weighted by molar-refractivity contribution is 5.80. The number of alkyl carbamates (subject to hydrolysis) is 1. The Morgan fingerprint density at radius 2 is 1.46 bits per heavy atom. The van der Waals surface area contributed by atoms with Crippen LogP contribution in [0.3, 0.4) is 0 Å². The first-order valence-electron chi connectivity index (χ1n) is 12.6. The second kappa shape index (κ2) is 10.1. The van der Waals surface area contributed by atoms with Crippen LogP contribution in [-0.2, 0) is 14.3 Å². The fourth-order valence-corrected chi connectivity index (χ4v) is 6.11. The fraction of sp³-hybridized carbons (Fsp3) is 0.464. The van der Waals surface area contributed by atoms with E-state index in [1.165, 1.54) is 22.3 Å². The number of rotatable bonds is 7. The molecule has 184 valence electrons. The van der Waals surface area contributed by atoms with Crippen LogP contribution in [0.15, 0.2) is 48.5 Å². The third-order valence-electron chi connectivity index (χ3n) is 7.82. The van der Waals surface area contributed by atoms with Gasteiger partial charge in [0.25, 0.3) is 0 Å². The Morgan fingerprint density at radius 1 is 0.829 bits per heavy atom. The Bertz CT molecular complexity index is 1070.